The molecule has 1 saturated heterocycles. The van der Waals surface area contributed by atoms with E-state index in [9.17, 15) is 0 Å². The van der Waals surface area contributed by atoms with E-state index in [2.05, 4.69) is 45.7 Å². The summed E-state index contributed by atoms with van der Waals surface area (Å²) in [5.74, 6) is 3.04. The Bertz CT molecular complexity index is 746. The molecule has 1 fully saturated rings. The fourth-order valence-corrected chi connectivity index (χ4v) is 3.55. The minimum atomic E-state index is 0.114. The van der Waals surface area contributed by atoms with E-state index in [0.717, 1.165) is 60.9 Å². The maximum absolute atomic E-state index is 5.80. The average molecular weight is 354 g/mol. The van der Waals surface area contributed by atoms with Crippen LogP contribution in [0.25, 0.3) is 0 Å². The van der Waals surface area contributed by atoms with Gasteiger partial charge in [-0.2, -0.15) is 0 Å². The molecule has 2 N–H and O–H groups in total. The molecule has 0 unspecified atom stereocenters. The van der Waals surface area contributed by atoms with E-state index < -0.39 is 0 Å². The van der Waals surface area contributed by atoms with Gasteiger partial charge in [0.25, 0.3) is 0 Å². The Morgan fingerprint density at radius 1 is 1.08 bits per heavy atom. The zero-order chi connectivity index (χ0) is 17.8. The van der Waals surface area contributed by atoms with Crippen LogP contribution in [0.2, 0.25) is 0 Å². The molecule has 0 bridgehead atoms. The number of hydrogen-bond donors (Lipinski definition) is 2. The fourth-order valence-electron chi connectivity index (χ4n) is 3.55. The molecule has 0 radical (unpaired) electrons. The van der Waals surface area contributed by atoms with Gasteiger partial charge < -0.3 is 20.1 Å². The van der Waals surface area contributed by atoms with E-state index >= 15 is 0 Å². The van der Waals surface area contributed by atoms with Crippen LogP contribution >= 0.6 is 0 Å². The van der Waals surface area contributed by atoms with Crippen molar-refractivity contribution in [1.29, 1.82) is 0 Å². The van der Waals surface area contributed by atoms with E-state index in [4.69, 9.17) is 9.47 Å². The van der Waals surface area contributed by atoms with Gasteiger partial charge in [-0.05, 0) is 50.6 Å². The first-order valence-electron chi connectivity index (χ1n) is 9.48. The van der Waals surface area contributed by atoms with Gasteiger partial charge in [-0.15, -0.1) is 0 Å². The van der Waals surface area contributed by atoms with Gasteiger partial charge in [0.2, 0.25) is 0 Å². The zero-order valence-electron chi connectivity index (χ0n) is 15.2. The maximum atomic E-state index is 5.80. The molecule has 0 aliphatic carbocycles. The van der Waals surface area contributed by atoms with Crippen molar-refractivity contribution in [3.8, 4) is 11.5 Å². The van der Waals surface area contributed by atoms with Gasteiger partial charge >= 0.3 is 0 Å². The number of piperidine rings is 1. The first-order chi connectivity index (χ1) is 12.8. The quantitative estimate of drug-likeness (QED) is 0.878. The Hall–Kier alpha value is -2.34. The van der Waals surface area contributed by atoms with Gasteiger partial charge in [-0.25, -0.2) is 9.97 Å². The second-order valence-corrected chi connectivity index (χ2v) is 6.98. The molecule has 4 rings (SSSR count). The van der Waals surface area contributed by atoms with Crippen molar-refractivity contribution < 1.29 is 9.47 Å². The first kappa shape index (κ1) is 17.1. The third-order valence-electron chi connectivity index (χ3n) is 5.08. The molecule has 138 valence electrons. The van der Waals surface area contributed by atoms with E-state index in [1.54, 1.807) is 6.33 Å². The van der Waals surface area contributed by atoms with Gasteiger partial charge in [-0.1, -0.05) is 6.07 Å². The second-order valence-electron chi connectivity index (χ2n) is 6.98. The van der Waals surface area contributed by atoms with Gasteiger partial charge in [0.05, 0.1) is 19.3 Å². The van der Waals surface area contributed by atoms with E-state index in [0.29, 0.717) is 19.1 Å². The molecule has 1 aromatic carbocycles. The number of benzene rings is 1. The Labute approximate surface area is 154 Å². The molecule has 1 aromatic heterocycles. The van der Waals surface area contributed by atoms with Crippen LogP contribution in [0, 0.1) is 0 Å². The third kappa shape index (κ3) is 3.90. The SMILES string of the molecule is C[C@@H](Nc1cc(C2CCNCC2)ncn1)c1ccc2c(c1)OCCCO2. The van der Waals surface area contributed by atoms with Crippen LogP contribution in [0.3, 0.4) is 0 Å². The summed E-state index contributed by atoms with van der Waals surface area (Å²) in [6.07, 6.45) is 4.85. The molecular formula is C20H26N4O2. The summed E-state index contributed by atoms with van der Waals surface area (Å²) < 4.78 is 11.5. The van der Waals surface area contributed by atoms with Crippen LogP contribution in [-0.4, -0.2) is 36.3 Å². The highest BCUT2D eigenvalue weighted by molar-refractivity contribution is 5.46. The van der Waals surface area contributed by atoms with Crippen molar-refractivity contribution in [2.24, 2.45) is 0 Å². The summed E-state index contributed by atoms with van der Waals surface area (Å²) in [4.78, 5) is 8.90. The molecule has 6 nitrogen and oxygen atoms in total. The number of nitrogens with one attached hydrogen (secondary N) is 2. The van der Waals surface area contributed by atoms with E-state index in [1.165, 1.54) is 0 Å². The van der Waals surface area contributed by atoms with Gasteiger partial charge in [0.15, 0.2) is 11.5 Å². The molecule has 0 amide bonds. The molecule has 1 atom stereocenters. The smallest absolute Gasteiger partial charge is 0.161 e. The van der Waals surface area contributed by atoms with Crippen LogP contribution in [0.5, 0.6) is 11.5 Å². The highest BCUT2D eigenvalue weighted by Gasteiger charge is 2.18. The monoisotopic (exact) mass is 354 g/mol. The van der Waals surface area contributed by atoms with Crippen LogP contribution in [0.4, 0.5) is 5.82 Å². The lowest BCUT2D eigenvalue weighted by Gasteiger charge is -2.23. The predicted octanol–water partition coefficient (Wildman–Crippen LogP) is 3.28. The summed E-state index contributed by atoms with van der Waals surface area (Å²) in [5, 5.41) is 6.90. The number of hydrogen-bond acceptors (Lipinski definition) is 6. The number of aromatic nitrogens is 2. The molecule has 26 heavy (non-hydrogen) atoms. The summed E-state index contributed by atoms with van der Waals surface area (Å²) in [6.45, 7) is 5.66. The van der Waals surface area contributed by atoms with Crippen LogP contribution in [0.1, 0.15) is 49.4 Å². The third-order valence-corrected chi connectivity index (χ3v) is 5.08. The highest BCUT2D eigenvalue weighted by atomic mass is 16.5. The first-order valence-corrected chi connectivity index (χ1v) is 9.48. The molecule has 3 heterocycles. The van der Waals surface area contributed by atoms with E-state index in [-0.39, 0.29) is 6.04 Å². The van der Waals surface area contributed by atoms with Crippen molar-refractivity contribution in [3.63, 3.8) is 0 Å². The maximum Gasteiger partial charge on any atom is 0.161 e. The number of anilines is 1. The highest BCUT2D eigenvalue weighted by Crippen LogP contribution is 2.33. The van der Waals surface area contributed by atoms with Crippen LogP contribution in [0.15, 0.2) is 30.6 Å². The summed E-state index contributed by atoms with van der Waals surface area (Å²) in [6, 6.07) is 8.35. The van der Waals surface area contributed by atoms with Crippen molar-refractivity contribution in [2.45, 2.75) is 38.1 Å². The summed E-state index contributed by atoms with van der Waals surface area (Å²) in [7, 11) is 0. The molecule has 6 heteroatoms. The fraction of sp³-hybridized carbons (Fsp3) is 0.500. The summed E-state index contributed by atoms with van der Waals surface area (Å²) in [5.41, 5.74) is 2.28. The lowest BCUT2D eigenvalue weighted by Crippen LogP contribution is -2.27. The van der Waals surface area contributed by atoms with Gasteiger partial charge in [-0.3, -0.25) is 0 Å². The van der Waals surface area contributed by atoms with Crippen molar-refractivity contribution in [3.05, 3.63) is 41.9 Å². The number of nitrogens with zero attached hydrogens (tertiary/aromatic N) is 2. The van der Waals surface area contributed by atoms with Crippen molar-refractivity contribution in [1.82, 2.24) is 15.3 Å². The molecule has 2 aliphatic heterocycles. The Morgan fingerprint density at radius 2 is 1.88 bits per heavy atom. The molecule has 2 aliphatic rings. The molecule has 2 aromatic rings. The average Bonchev–Trinajstić information content (AvgIpc) is 2.93. The molecular weight excluding hydrogens is 328 g/mol. The lowest BCUT2D eigenvalue weighted by molar-refractivity contribution is 0.297. The van der Waals surface area contributed by atoms with Crippen LogP contribution < -0.4 is 20.1 Å². The Balaban J connectivity index is 1.47. The van der Waals surface area contributed by atoms with Crippen LogP contribution in [-0.2, 0) is 0 Å². The Kier molecular flexibility index (Phi) is 5.20. The Morgan fingerprint density at radius 3 is 2.73 bits per heavy atom. The lowest BCUT2D eigenvalue weighted by atomic mass is 9.94. The van der Waals surface area contributed by atoms with Gasteiger partial charge in [0, 0.05) is 24.1 Å². The minimum Gasteiger partial charge on any atom is -0.490 e. The zero-order valence-corrected chi connectivity index (χ0v) is 15.2. The van der Waals surface area contributed by atoms with Gasteiger partial charge in [0.1, 0.15) is 12.1 Å². The minimum absolute atomic E-state index is 0.114. The summed E-state index contributed by atoms with van der Waals surface area (Å²) >= 11 is 0. The van der Waals surface area contributed by atoms with Crippen molar-refractivity contribution >= 4 is 5.82 Å². The standard InChI is InChI=1S/C20H26N4O2/c1-14(16-3-4-18-19(11-16)26-10-2-9-25-18)24-20-12-17(22-13-23-20)15-5-7-21-8-6-15/h3-4,11-15,21H,2,5-10H2,1H3,(H,22,23,24)/t14-/m1/s1. The second kappa shape index (κ2) is 7.91. The normalized spacial score (nSPS) is 18.8. The number of rotatable bonds is 4. The topological polar surface area (TPSA) is 68.3 Å². The number of fused-ring (bicyclic) bond motifs is 1. The molecule has 0 saturated carbocycles. The van der Waals surface area contributed by atoms with E-state index in [1.807, 2.05) is 6.07 Å². The predicted molar refractivity (Wildman–Crippen MR) is 101 cm³/mol. The molecule has 0 spiro atoms. The number of ether oxygens (including phenoxy) is 2. The largest absolute Gasteiger partial charge is 0.490 e. The van der Waals surface area contributed by atoms with Crippen molar-refractivity contribution in [2.75, 3.05) is 31.6 Å².